The fraction of sp³-hybridized carbons (Fsp3) is 0.895. The lowest BCUT2D eigenvalue weighted by Gasteiger charge is -2.31. The molecule has 0 aromatic carbocycles. The van der Waals surface area contributed by atoms with E-state index in [-0.39, 0.29) is 18.0 Å². The Kier molecular flexibility index (Phi) is 7.69. The number of rotatable bonds is 5. The zero-order valence-electron chi connectivity index (χ0n) is 15.7. The second-order valence-electron chi connectivity index (χ2n) is 7.83. The standard InChI is InChI=1S/C19H33NO5/c1-12(2)11-23-16-10-6-9-15(20)19(22)24-13(3)17(16)25-18(21)14-7-4-5-8-14/h12-17H,4-11,20H2,1-3H3/t13-,15-,16-,17-/m0/s1. The first-order valence-corrected chi connectivity index (χ1v) is 9.66. The van der Waals surface area contributed by atoms with Gasteiger partial charge in [0.1, 0.15) is 12.1 Å². The summed E-state index contributed by atoms with van der Waals surface area (Å²) >= 11 is 0. The maximum Gasteiger partial charge on any atom is 0.323 e. The van der Waals surface area contributed by atoms with E-state index in [1.807, 2.05) is 0 Å². The van der Waals surface area contributed by atoms with Gasteiger partial charge in [0.2, 0.25) is 0 Å². The Morgan fingerprint density at radius 2 is 1.88 bits per heavy atom. The molecule has 1 aliphatic heterocycles. The molecule has 1 heterocycles. The Morgan fingerprint density at radius 1 is 1.20 bits per heavy atom. The predicted molar refractivity (Wildman–Crippen MR) is 93.8 cm³/mol. The van der Waals surface area contributed by atoms with Crippen LogP contribution in [0.2, 0.25) is 0 Å². The average molecular weight is 355 g/mol. The van der Waals surface area contributed by atoms with Gasteiger partial charge in [-0.3, -0.25) is 9.59 Å². The van der Waals surface area contributed by atoms with E-state index >= 15 is 0 Å². The zero-order valence-corrected chi connectivity index (χ0v) is 15.7. The van der Waals surface area contributed by atoms with Crippen LogP contribution in [-0.2, 0) is 23.8 Å². The van der Waals surface area contributed by atoms with Crippen molar-refractivity contribution in [1.29, 1.82) is 0 Å². The number of cyclic esters (lactones) is 1. The summed E-state index contributed by atoms with van der Waals surface area (Å²) in [6.45, 7) is 6.49. The molecule has 144 valence electrons. The van der Waals surface area contributed by atoms with Gasteiger partial charge in [-0.1, -0.05) is 26.7 Å². The monoisotopic (exact) mass is 355 g/mol. The maximum atomic E-state index is 12.5. The van der Waals surface area contributed by atoms with Gasteiger partial charge in [-0.2, -0.15) is 0 Å². The number of nitrogens with two attached hydrogens (primary N) is 1. The Morgan fingerprint density at radius 3 is 2.52 bits per heavy atom. The number of carbonyl (C=O) groups is 2. The van der Waals surface area contributed by atoms with E-state index < -0.39 is 24.2 Å². The Labute approximate surface area is 150 Å². The fourth-order valence-electron chi connectivity index (χ4n) is 3.52. The van der Waals surface area contributed by atoms with Gasteiger partial charge in [-0.05, 0) is 44.9 Å². The molecule has 1 saturated heterocycles. The van der Waals surface area contributed by atoms with Crippen molar-refractivity contribution in [2.24, 2.45) is 17.6 Å². The molecule has 25 heavy (non-hydrogen) atoms. The predicted octanol–water partition coefficient (Wildman–Crippen LogP) is 2.57. The van der Waals surface area contributed by atoms with Crippen LogP contribution >= 0.6 is 0 Å². The largest absolute Gasteiger partial charge is 0.457 e. The molecule has 0 amide bonds. The van der Waals surface area contributed by atoms with Crippen molar-refractivity contribution in [1.82, 2.24) is 0 Å². The second kappa shape index (κ2) is 9.53. The average Bonchev–Trinajstić information content (AvgIpc) is 3.09. The second-order valence-corrected chi connectivity index (χ2v) is 7.83. The lowest BCUT2D eigenvalue weighted by Crippen LogP contribution is -2.45. The molecule has 2 rings (SSSR count). The van der Waals surface area contributed by atoms with Gasteiger partial charge >= 0.3 is 11.9 Å². The Bertz CT molecular complexity index is 447. The van der Waals surface area contributed by atoms with Crippen molar-refractivity contribution in [3.05, 3.63) is 0 Å². The van der Waals surface area contributed by atoms with E-state index in [1.54, 1.807) is 6.92 Å². The minimum Gasteiger partial charge on any atom is -0.457 e. The smallest absolute Gasteiger partial charge is 0.323 e. The summed E-state index contributed by atoms with van der Waals surface area (Å²) in [6.07, 6.45) is 4.45. The van der Waals surface area contributed by atoms with Crippen LogP contribution in [0.15, 0.2) is 0 Å². The lowest BCUT2D eigenvalue weighted by molar-refractivity contribution is -0.183. The molecule has 6 heteroatoms. The molecule has 1 saturated carbocycles. The first kappa shape index (κ1) is 20.2. The van der Waals surface area contributed by atoms with Gasteiger partial charge in [0, 0.05) is 6.61 Å². The molecule has 1 aliphatic carbocycles. The van der Waals surface area contributed by atoms with Crippen molar-refractivity contribution in [3.8, 4) is 0 Å². The third-order valence-electron chi connectivity index (χ3n) is 5.02. The summed E-state index contributed by atoms with van der Waals surface area (Å²) in [7, 11) is 0. The van der Waals surface area contributed by atoms with Gasteiger partial charge in [-0.25, -0.2) is 0 Å². The first-order valence-electron chi connectivity index (χ1n) is 9.66. The van der Waals surface area contributed by atoms with E-state index in [9.17, 15) is 9.59 Å². The number of hydrogen-bond donors (Lipinski definition) is 1. The topological polar surface area (TPSA) is 87.8 Å². The summed E-state index contributed by atoms with van der Waals surface area (Å²) in [5.41, 5.74) is 5.87. The van der Waals surface area contributed by atoms with Crippen LogP contribution in [0.25, 0.3) is 0 Å². The van der Waals surface area contributed by atoms with Crippen molar-refractivity contribution < 1.29 is 23.8 Å². The van der Waals surface area contributed by atoms with E-state index in [1.165, 1.54) is 0 Å². The van der Waals surface area contributed by atoms with E-state index in [2.05, 4.69) is 13.8 Å². The normalized spacial score (nSPS) is 32.0. The van der Waals surface area contributed by atoms with Gasteiger partial charge in [0.05, 0.1) is 12.0 Å². The quantitative estimate of drug-likeness (QED) is 0.763. The summed E-state index contributed by atoms with van der Waals surface area (Å²) in [6, 6.07) is -0.627. The minimum absolute atomic E-state index is 0.0384. The molecule has 4 atom stereocenters. The third kappa shape index (κ3) is 5.96. The summed E-state index contributed by atoms with van der Waals surface area (Å²) in [5, 5.41) is 0. The molecule has 2 fully saturated rings. The van der Waals surface area contributed by atoms with Crippen LogP contribution in [0.5, 0.6) is 0 Å². The molecule has 6 nitrogen and oxygen atoms in total. The summed E-state index contributed by atoms with van der Waals surface area (Å²) in [4.78, 5) is 24.6. The molecule has 0 aromatic rings. The van der Waals surface area contributed by atoms with Crippen molar-refractivity contribution >= 4 is 11.9 Å². The van der Waals surface area contributed by atoms with Crippen LogP contribution in [0, 0.1) is 11.8 Å². The highest BCUT2D eigenvalue weighted by molar-refractivity contribution is 5.76. The Hall–Kier alpha value is -1.14. The Balaban J connectivity index is 2.11. The van der Waals surface area contributed by atoms with E-state index in [0.29, 0.717) is 25.4 Å². The van der Waals surface area contributed by atoms with Crippen LogP contribution in [0.3, 0.4) is 0 Å². The van der Waals surface area contributed by atoms with Crippen LogP contribution in [-0.4, -0.2) is 42.9 Å². The summed E-state index contributed by atoms with van der Waals surface area (Å²) < 4.78 is 17.3. The van der Waals surface area contributed by atoms with Crippen LogP contribution < -0.4 is 5.73 Å². The van der Waals surface area contributed by atoms with E-state index in [4.69, 9.17) is 19.9 Å². The van der Waals surface area contributed by atoms with Gasteiger partial charge < -0.3 is 19.9 Å². The molecule has 2 N–H and O–H groups in total. The number of hydrogen-bond acceptors (Lipinski definition) is 6. The number of ether oxygens (including phenoxy) is 3. The van der Waals surface area contributed by atoms with Crippen molar-refractivity contribution in [2.75, 3.05) is 6.61 Å². The first-order chi connectivity index (χ1) is 11.9. The van der Waals surface area contributed by atoms with Gasteiger partial charge in [0.25, 0.3) is 0 Å². The SMILES string of the molecule is CC(C)CO[C@H]1CCC[C@H](N)C(=O)O[C@@H](C)[C@@H]1OC(=O)C1CCCC1. The van der Waals surface area contributed by atoms with Crippen molar-refractivity contribution in [2.45, 2.75) is 90.1 Å². The summed E-state index contributed by atoms with van der Waals surface area (Å²) in [5.74, 6) is -0.284. The highest BCUT2D eigenvalue weighted by atomic mass is 16.6. The van der Waals surface area contributed by atoms with Crippen molar-refractivity contribution in [3.63, 3.8) is 0 Å². The molecule has 0 bridgehead atoms. The molecule has 2 aliphatic rings. The molecule has 0 unspecified atom stereocenters. The molecule has 0 aromatic heterocycles. The molecule has 0 radical (unpaired) electrons. The minimum atomic E-state index is -0.627. The van der Waals surface area contributed by atoms with Crippen LogP contribution in [0.4, 0.5) is 0 Å². The molecular formula is C19H33NO5. The van der Waals surface area contributed by atoms with E-state index in [0.717, 1.165) is 32.1 Å². The van der Waals surface area contributed by atoms with Crippen LogP contribution in [0.1, 0.15) is 65.7 Å². The third-order valence-corrected chi connectivity index (χ3v) is 5.02. The molecular weight excluding hydrogens is 322 g/mol. The maximum absolute atomic E-state index is 12.5. The van der Waals surface area contributed by atoms with Gasteiger partial charge in [-0.15, -0.1) is 0 Å². The number of carbonyl (C=O) groups excluding carboxylic acids is 2. The zero-order chi connectivity index (χ0) is 18.4. The van der Waals surface area contributed by atoms with Gasteiger partial charge in [0.15, 0.2) is 6.10 Å². The highest BCUT2D eigenvalue weighted by Gasteiger charge is 2.38. The highest BCUT2D eigenvalue weighted by Crippen LogP contribution is 2.28. The molecule has 0 spiro atoms. The fourth-order valence-corrected chi connectivity index (χ4v) is 3.52. The lowest BCUT2D eigenvalue weighted by atomic mass is 10.0. The number of esters is 2.